The molecular formula is C14H15NO3. The van der Waals surface area contributed by atoms with Gasteiger partial charge in [0.1, 0.15) is 5.69 Å². The summed E-state index contributed by atoms with van der Waals surface area (Å²) in [6.07, 6.45) is 0.638. The minimum absolute atomic E-state index is 0.180. The first-order valence-electron chi connectivity index (χ1n) is 5.98. The highest BCUT2D eigenvalue weighted by Crippen LogP contribution is 2.24. The Labute approximate surface area is 106 Å². The Morgan fingerprint density at radius 2 is 2.00 bits per heavy atom. The van der Waals surface area contributed by atoms with Crippen LogP contribution in [0.15, 0.2) is 34.7 Å². The molecule has 1 aromatic heterocycles. The number of ether oxygens (including phenoxy) is 1. The first kappa shape index (κ1) is 12.4. The number of hydrogen-bond acceptors (Lipinski definition) is 4. The number of oxazole rings is 1. The summed E-state index contributed by atoms with van der Waals surface area (Å²) < 4.78 is 10.4. The molecule has 1 heterocycles. The average Bonchev–Trinajstić information content (AvgIpc) is 2.84. The third kappa shape index (κ3) is 2.42. The molecule has 2 rings (SSSR count). The van der Waals surface area contributed by atoms with Crippen molar-refractivity contribution < 1.29 is 13.9 Å². The molecular weight excluding hydrogens is 230 g/mol. The average molecular weight is 245 g/mol. The van der Waals surface area contributed by atoms with E-state index >= 15 is 0 Å². The zero-order valence-corrected chi connectivity index (χ0v) is 10.5. The van der Waals surface area contributed by atoms with Crippen LogP contribution in [0.2, 0.25) is 0 Å². The molecule has 94 valence electrons. The van der Waals surface area contributed by atoms with Crippen LogP contribution < -0.4 is 0 Å². The predicted molar refractivity (Wildman–Crippen MR) is 67.3 cm³/mol. The van der Waals surface area contributed by atoms with Gasteiger partial charge in [-0.25, -0.2) is 9.78 Å². The molecule has 0 saturated carbocycles. The monoisotopic (exact) mass is 245 g/mol. The SMILES string of the molecule is CCOC(=O)c1oc(CC)nc1-c1ccccc1. The van der Waals surface area contributed by atoms with Crippen LogP contribution in [-0.4, -0.2) is 17.6 Å². The summed E-state index contributed by atoms with van der Waals surface area (Å²) >= 11 is 0. The minimum Gasteiger partial charge on any atom is -0.460 e. The molecule has 18 heavy (non-hydrogen) atoms. The maximum Gasteiger partial charge on any atom is 0.376 e. The number of rotatable bonds is 4. The van der Waals surface area contributed by atoms with Gasteiger partial charge in [-0.1, -0.05) is 37.3 Å². The van der Waals surface area contributed by atoms with E-state index < -0.39 is 5.97 Å². The van der Waals surface area contributed by atoms with Gasteiger partial charge in [0.05, 0.1) is 6.61 Å². The van der Waals surface area contributed by atoms with Crippen molar-refractivity contribution in [3.63, 3.8) is 0 Å². The van der Waals surface area contributed by atoms with Crippen molar-refractivity contribution in [2.75, 3.05) is 6.61 Å². The van der Waals surface area contributed by atoms with Gasteiger partial charge in [0.2, 0.25) is 5.76 Å². The Bertz CT molecular complexity index is 531. The van der Waals surface area contributed by atoms with E-state index in [1.165, 1.54) is 0 Å². The standard InChI is InChI=1S/C14H15NO3/c1-3-11-15-12(10-8-6-5-7-9-10)13(18-11)14(16)17-4-2/h5-9H,3-4H2,1-2H3. The molecule has 0 bridgehead atoms. The van der Waals surface area contributed by atoms with Gasteiger partial charge >= 0.3 is 5.97 Å². The number of aromatic nitrogens is 1. The Morgan fingerprint density at radius 3 is 2.61 bits per heavy atom. The first-order valence-corrected chi connectivity index (χ1v) is 5.98. The van der Waals surface area contributed by atoms with Gasteiger partial charge in [0, 0.05) is 12.0 Å². The first-order chi connectivity index (χ1) is 8.76. The van der Waals surface area contributed by atoms with Crippen molar-refractivity contribution in [1.82, 2.24) is 4.98 Å². The van der Waals surface area contributed by atoms with Gasteiger partial charge in [-0.3, -0.25) is 0 Å². The van der Waals surface area contributed by atoms with Crippen LogP contribution in [0.1, 0.15) is 30.3 Å². The Balaban J connectivity index is 2.45. The predicted octanol–water partition coefficient (Wildman–Crippen LogP) is 3.08. The molecule has 0 N–H and O–H groups in total. The molecule has 2 aromatic rings. The normalized spacial score (nSPS) is 10.3. The molecule has 0 amide bonds. The van der Waals surface area contributed by atoms with Gasteiger partial charge in [-0.15, -0.1) is 0 Å². The van der Waals surface area contributed by atoms with E-state index in [-0.39, 0.29) is 5.76 Å². The lowest BCUT2D eigenvalue weighted by molar-refractivity contribution is 0.0489. The Hall–Kier alpha value is -2.10. The van der Waals surface area contributed by atoms with E-state index in [4.69, 9.17) is 9.15 Å². The van der Waals surface area contributed by atoms with E-state index in [1.807, 2.05) is 37.3 Å². The number of hydrogen-bond donors (Lipinski definition) is 0. The number of carbonyl (C=O) groups is 1. The lowest BCUT2D eigenvalue weighted by atomic mass is 10.1. The third-order valence-corrected chi connectivity index (χ3v) is 2.48. The molecule has 0 saturated heterocycles. The van der Waals surface area contributed by atoms with Crippen LogP contribution in [0.4, 0.5) is 0 Å². The summed E-state index contributed by atoms with van der Waals surface area (Å²) in [5.41, 5.74) is 1.40. The molecule has 4 heteroatoms. The van der Waals surface area contributed by atoms with Crippen LogP contribution >= 0.6 is 0 Å². The van der Waals surface area contributed by atoms with Crippen LogP contribution in [0.3, 0.4) is 0 Å². The summed E-state index contributed by atoms with van der Waals surface area (Å²) in [6.45, 7) is 4.00. The van der Waals surface area contributed by atoms with Crippen LogP contribution in [0.5, 0.6) is 0 Å². The smallest absolute Gasteiger partial charge is 0.376 e. The molecule has 0 atom stereocenters. The summed E-state index contributed by atoms with van der Waals surface area (Å²) in [5, 5.41) is 0. The van der Waals surface area contributed by atoms with Crippen molar-refractivity contribution in [2.24, 2.45) is 0 Å². The Kier molecular flexibility index (Phi) is 3.77. The zero-order valence-electron chi connectivity index (χ0n) is 10.5. The molecule has 0 fully saturated rings. The van der Waals surface area contributed by atoms with E-state index in [0.717, 1.165) is 5.56 Å². The Morgan fingerprint density at radius 1 is 1.28 bits per heavy atom. The lowest BCUT2D eigenvalue weighted by Crippen LogP contribution is -2.04. The highest BCUT2D eigenvalue weighted by molar-refractivity contribution is 5.93. The maximum absolute atomic E-state index is 11.8. The van der Waals surface area contributed by atoms with Gasteiger partial charge in [0.25, 0.3) is 0 Å². The molecule has 0 spiro atoms. The number of nitrogens with zero attached hydrogens (tertiary/aromatic N) is 1. The van der Waals surface area contributed by atoms with Crippen LogP contribution in [0.25, 0.3) is 11.3 Å². The highest BCUT2D eigenvalue weighted by atomic mass is 16.5. The fourth-order valence-electron chi connectivity index (χ4n) is 1.64. The number of aryl methyl sites for hydroxylation is 1. The number of benzene rings is 1. The van der Waals surface area contributed by atoms with Gasteiger partial charge in [-0.2, -0.15) is 0 Å². The van der Waals surface area contributed by atoms with Crippen molar-refractivity contribution in [3.05, 3.63) is 42.0 Å². The summed E-state index contributed by atoms with van der Waals surface area (Å²) in [4.78, 5) is 16.1. The van der Waals surface area contributed by atoms with Gasteiger partial charge in [-0.05, 0) is 6.92 Å². The van der Waals surface area contributed by atoms with Crippen LogP contribution in [-0.2, 0) is 11.2 Å². The fraction of sp³-hybridized carbons (Fsp3) is 0.286. The molecule has 1 aromatic carbocycles. The summed E-state index contributed by atoms with van der Waals surface area (Å²) in [7, 11) is 0. The van der Waals surface area contributed by atoms with E-state index in [1.54, 1.807) is 6.92 Å². The van der Waals surface area contributed by atoms with E-state index in [2.05, 4.69) is 4.98 Å². The molecule has 0 aliphatic carbocycles. The lowest BCUT2D eigenvalue weighted by Gasteiger charge is -2.00. The van der Waals surface area contributed by atoms with Gasteiger partial charge in [0.15, 0.2) is 5.89 Å². The maximum atomic E-state index is 11.8. The van der Waals surface area contributed by atoms with Crippen molar-refractivity contribution in [3.8, 4) is 11.3 Å². The van der Waals surface area contributed by atoms with Crippen molar-refractivity contribution in [2.45, 2.75) is 20.3 Å². The van der Waals surface area contributed by atoms with Crippen molar-refractivity contribution >= 4 is 5.97 Å². The topological polar surface area (TPSA) is 52.3 Å². The minimum atomic E-state index is -0.469. The second-order valence-electron chi connectivity index (χ2n) is 3.73. The van der Waals surface area contributed by atoms with Crippen LogP contribution in [0, 0.1) is 0 Å². The molecule has 0 radical (unpaired) electrons. The largest absolute Gasteiger partial charge is 0.460 e. The third-order valence-electron chi connectivity index (χ3n) is 2.48. The number of carbonyl (C=O) groups excluding carboxylic acids is 1. The van der Waals surface area contributed by atoms with Gasteiger partial charge < -0.3 is 9.15 Å². The highest BCUT2D eigenvalue weighted by Gasteiger charge is 2.21. The molecule has 0 unspecified atom stereocenters. The van der Waals surface area contributed by atoms with Crippen molar-refractivity contribution in [1.29, 1.82) is 0 Å². The quantitative estimate of drug-likeness (QED) is 0.777. The fourth-order valence-corrected chi connectivity index (χ4v) is 1.64. The summed E-state index contributed by atoms with van der Waals surface area (Å²) in [5.74, 6) is 0.250. The zero-order chi connectivity index (χ0) is 13.0. The molecule has 0 aliphatic heterocycles. The number of esters is 1. The second-order valence-corrected chi connectivity index (χ2v) is 3.73. The van der Waals surface area contributed by atoms with E-state index in [9.17, 15) is 4.79 Å². The summed E-state index contributed by atoms with van der Waals surface area (Å²) in [6, 6.07) is 9.48. The second kappa shape index (κ2) is 5.49. The molecule has 4 nitrogen and oxygen atoms in total. The molecule has 0 aliphatic rings. The van der Waals surface area contributed by atoms with E-state index in [0.29, 0.717) is 24.6 Å².